The van der Waals surface area contributed by atoms with Crippen molar-refractivity contribution in [3.05, 3.63) is 30.1 Å². The van der Waals surface area contributed by atoms with Crippen LogP contribution in [0.15, 0.2) is 24.4 Å². The molecule has 1 aromatic heterocycles. The molecule has 0 aliphatic carbocycles. The van der Waals surface area contributed by atoms with E-state index in [1.807, 2.05) is 18.3 Å². The summed E-state index contributed by atoms with van der Waals surface area (Å²) < 4.78 is 0. The first-order valence-corrected chi connectivity index (χ1v) is 6.80. The van der Waals surface area contributed by atoms with Gasteiger partial charge in [0.15, 0.2) is 0 Å². The lowest BCUT2D eigenvalue weighted by molar-refractivity contribution is 0.289. The smallest absolute Gasteiger partial charge is 0.0570 e. The van der Waals surface area contributed by atoms with E-state index in [0.29, 0.717) is 18.0 Å². The second-order valence-corrected chi connectivity index (χ2v) is 5.73. The molecular weight excluding hydrogens is 222 g/mol. The molecule has 1 N–H and O–H groups in total. The summed E-state index contributed by atoms with van der Waals surface area (Å²) in [5.74, 6) is 0.707. The minimum atomic E-state index is 0.301. The highest BCUT2D eigenvalue weighted by Gasteiger charge is 2.16. The van der Waals surface area contributed by atoms with E-state index < -0.39 is 0 Å². The Morgan fingerprint density at radius 3 is 2.44 bits per heavy atom. The summed E-state index contributed by atoms with van der Waals surface area (Å²) >= 11 is 0. The molecule has 2 unspecified atom stereocenters. The summed E-state index contributed by atoms with van der Waals surface area (Å²) in [7, 11) is 4.25. The second kappa shape index (κ2) is 7.49. The van der Waals surface area contributed by atoms with Crippen molar-refractivity contribution >= 4 is 0 Å². The van der Waals surface area contributed by atoms with Crippen LogP contribution in [-0.4, -0.2) is 36.6 Å². The van der Waals surface area contributed by atoms with Crippen molar-refractivity contribution in [2.24, 2.45) is 5.92 Å². The van der Waals surface area contributed by atoms with Crippen LogP contribution in [0.3, 0.4) is 0 Å². The number of aromatic nitrogens is 1. The van der Waals surface area contributed by atoms with Crippen LogP contribution in [0.2, 0.25) is 0 Å². The number of hydrogen-bond donors (Lipinski definition) is 1. The standard InChI is InChI=1S/C15H27N3/c1-12(2)10-14(11-18(4)5)17-13(3)15-8-6-7-9-16-15/h6-9,12-14,17H,10-11H2,1-5H3. The Hall–Kier alpha value is -0.930. The van der Waals surface area contributed by atoms with Crippen molar-refractivity contribution in [2.75, 3.05) is 20.6 Å². The molecule has 0 saturated heterocycles. The largest absolute Gasteiger partial charge is 0.308 e. The number of rotatable bonds is 7. The topological polar surface area (TPSA) is 28.2 Å². The summed E-state index contributed by atoms with van der Waals surface area (Å²) in [5, 5.41) is 3.69. The minimum absolute atomic E-state index is 0.301. The molecule has 0 aliphatic rings. The van der Waals surface area contributed by atoms with Crippen molar-refractivity contribution < 1.29 is 0 Å². The highest BCUT2D eigenvalue weighted by Crippen LogP contribution is 2.13. The molecule has 2 atom stereocenters. The van der Waals surface area contributed by atoms with Gasteiger partial charge in [-0.05, 0) is 45.5 Å². The molecule has 0 aromatic carbocycles. The van der Waals surface area contributed by atoms with Gasteiger partial charge in [0, 0.05) is 24.8 Å². The van der Waals surface area contributed by atoms with E-state index in [4.69, 9.17) is 0 Å². The highest BCUT2D eigenvalue weighted by molar-refractivity contribution is 5.07. The van der Waals surface area contributed by atoms with Gasteiger partial charge in [-0.25, -0.2) is 0 Å². The van der Waals surface area contributed by atoms with Crippen molar-refractivity contribution in [1.82, 2.24) is 15.2 Å². The van der Waals surface area contributed by atoms with Crippen LogP contribution < -0.4 is 5.32 Å². The maximum atomic E-state index is 4.41. The number of likely N-dealkylation sites (N-methyl/N-ethyl adjacent to an activating group) is 1. The van der Waals surface area contributed by atoms with Crippen LogP contribution in [0, 0.1) is 5.92 Å². The normalized spacial score (nSPS) is 15.1. The maximum absolute atomic E-state index is 4.41. The Balaban J connectivity index is 2.59. The van der Waals surface area contributed by atoms with Gasteiger partial charge in [0.05, 0.1) is 5.69 Å². The van der Waals surface area contributed by atoms with Crippen LogP contribution in [0.1, 0.15) is 38.9 Å². The molecule has 0 aliphatic heterocycles. The van der Waals surface area contributed by atoms with E-state index in [9.17, 15) is 0 Å². The molecule has 102 valence electrons. The first kappa shape index (κ1) is 15.1. The first-order valence-electron chi connectivity index (χ1n) is 6.80. The molecule has 18 heavy (non-hydrogen) atoms. The predicted molar refractivity (Wildman–Crippen MR) is 77.6 cm³/mol. The number of hydrogen-bond acceptors (Lipinski definition) is 3. The molecule has 0 fully saturated rings. The minimum Gasteiger partial charge on any atom is -0.308 e. The zero-order chi connectivity index (χ0) is 13.5. The SMILES string of the molecule is CC(C)CC(CN(C)C)NC(C)c1ccccn1. The molecule has 1 rings (SSSR count). The zero-order valence-corrected chi connectivity index (χ0v) is 12.4. The predicted octanol–water partition coefficient (Wildman–Crippen LogP) is 2.71. The lowest BCUT2D eigenvalue weighted by Gasteiger charge is -2.27. The fourth-order valence-corrected chi connectivity index (χ4v) is 2.28. The van der Waals surface area contributed by atoms with Crippen molar-refractivity contribution in [3.8, 4) is 0 Å². The molecule has 0 bridgehead atoms. The molecule has 0 radical (unpaired) electrons. The van der Waals surface area contributed by atoms with Gasteiger partial charge in [-0.3, -0.25) is 4.98 Å². The zero-order valence-electron chi connectivity index (χ0n) is 12.4. The van der Waals surface area contributed by atoms with Gasteiger partial charge in [0.2, 0.25) is 0 Å². The Kier molecular flexibility index (Phi) is 6.30. The van der Waals surface area contributed by atoms with E-state index in [2.05, 4.69) is 56.1 Å². The van der Waals surface area contributed by atoms with Crippen molar-refractivity contribution in [2.45, 2.75) is 39.3 Å². The average molecular weight is 249 g/mol. The van der Waals surface area contributed by atoms with Gasteiger partial charge < -0.3 is 10.2 Å². The third-order valence-corrected chi connectivity index (χ3v) is 2.96. The molecule has 0 saturated carbocycles. The molecule has 0 amide bonds. The molecule has 1 aromatic rings. The molecular formula is C15H27N3. The fraction of sp³-hybridized carbons (Fsp3) is 0.667. The number of pyridine rings is 1. The highest BCUT2D eigenvalue weighted by atomic mass is 15.1. The quantitative estimate of drug-likeness (QED) is 0.805. The van der Waals surface area contributed by atoms with Gasteiger partial charge in [0.25, 0.3) is 0 Å². The van der Waals surface area contributed by atoms with Crippen molar-refractivity contribution in [3.63, 3.8) is 0 Å². The Morgan fingerprint density at radius 2 is 1.94 bits per heavy atom. The molecule has 1 heterocycles. The Bertz CT molecular complexity index is 312. The summed E-state index contributed by atoms with van der Waals surface area (Å²) in [6.45, 7) is 7.80. The van der Waals surface area contributed by atoms with E-state index in [-0.39, 0.29) is 0 Å². The third kappa shape index (κ3) is 5.61. The monoisotopic (exact) mass is 249 g/mol. The van der Waals surface area contributed by atoms with E-state index in [1.165, 1.54) is 6.42 Å². The van der Waals surface area contributed by atoms with E-state index in [0.717, 1.165) is 12.2 Å². The second-order valence-electron chi connectivity index (χ2n) is 5.73. The molecule has 0 spiro atoms. The Morgan fingerprint density at radius 1 is 1.22 bits per heavy atom. The van der Waals surface area contributed by atoms with Crippen LogP contribution in [-0.2, 0) is 0 Å². The van der Waals surface area contributed by atoms with Gasteiger partial charge in [-0.2, -0.15) is 0 Å². The molecule has 3 heteroatoms. The average Bonchev–Trinajstić information content (AvgIpc) is 2.28. The molecule has 3 nitrogen and oxygen atoms in total. The van der Waals surface area contributed by atoms with Gasteiger partial charge in [-0.15, -0.1) is 0 Å². The van der Waals surface area contributed by atoms with Gasteiger partial charge in [-0.1, -0.05) is 19.9 Å². The van der Waals surface area contributed by atoms with Crippen LogP contribution in [0.5, 0.6) is 0 Å². The summed E-state index contributed by atoms with van der Waals surface area (Å²) in [6.07, 6.45) is 3.05. The Labute approximate surface area is 112 Å². The van der Waals surface area contributed by atoms with Crippen molar-refractivity contribution in [1.29, 1.82) is 0 Å². The lowest BCUT2D eigenvalue weighted by Crippen LogP contribution is -2.40. The number of nitrogens with zero attached hydrogens (tertiary/aromatic N) is 2. The summed E-state index contributed by atoms with van der Waals surface area (Å²) in [5.41, 5.74) is 1.12. The summed E-state index contributed by atoms with van der Waals surface area (Å²) in [4.78, 5) is 6.66. The maximum Gasteiger partial charge on any atom is 0.0570 e. The first-order chi connectivity index (χ1) is 8.49. The number of nitrogens with one attached hydrogen (secondary N) is 1. The van der Waals surface area contributed by atoms with E-state index in [1.54, 1.807) is 0 Å². The van der Waals surface area contributed by atoms with Crippen LogP contribution >= 0.6 is 0 Å². The van der Waals surface area contributed by atoms with Gasteiger partial charge >= 0.3 is 0 Å². The fourth-order valence-electron chi connectivity index (χ4n) is 2.28. The van der Waals surface area contributed by atoms with Crippen LogP contribution in [0.25, 0.3) is 0 Å². The summed E-state index contributed by atoms with van der Waals surface area (Å²) in [6, 6.07) is 6.90. The van der Waals surface area contributed by atoms with Crippen LogP contribution in [0.4, 0.5) is 0 Å². The van der Waals surface area contributed by atoms with Gasteiger partial charge in [0.1, 0.15) is 0 Å². The van der Waals surface area contributed by atoms with E-state index >= 15 is 0 Å². The third-order valence-electron chi connectivity index (χ3n) is 2.96. The lowest BCUT2D eigenvalue weighted by atomic mass is 10.0.